The number of aryl methyl sites for hydroxylation is 1. The van der Waals surface area contributed by atoms with E-state index < -0.39 is 0 Å². The van der Waals surface area contributed by atoms with Gasteiger partial charge in [-0.1, -0.05) is 48.0 Å². The van der Waals surface area contributed by atoms with Crippen LogP contribution in [0.1, 0.15) is 17.8 Å². The number of halogens is 1. The third-order valence-electron chi connectivity index (χ3n) is 5.55. The van der Waals surface area contributed by atoms with Gasteiger partial charge in [0, 0.05) is 18.0 Å². The molecule has 0 atom stereocenters. The molecular formula is C27H28ClN3O3. The molecule has 1 heterocycles. The normalized spacial score (nSPS) is 10.9. The van der Waals surface area contributed by atoms with Crippen LogP contribution in [0.25, 0.3) is 11.0 Å². The topological polar surface area (TPSA) is 65.4 Å². The minimum Gasteiger partial charge on any atom is -0.493 e. The van der Waals surface area contributed by atoms with Crippen molar-refractivity contribution in [2.24, 2.45) is 0 Å². The smallest absolute Gasteiger partial charge is 0.224 e. The van der Waals surface area contributed by atoms with Crippen molar-refractivity contribution in [3.05, 3.63) is 89.2 Å². The number of amides is 1. The SMILES string of the molecule is COc1ccccc1OCCn1c(CCCNC(=O)Cc2ccc(Cl)cc2)nc2ccccc21. The third-order valence-corrected chi connectivity index (χ3v) is 5.80. The largest absolute Gasteiger partial charge is 0.493 e. The van der Waals surface area contributed by atoms with Crippen molar-refractivity contribution in [1.29, 1.82) is 0 Å². The Kier molecular flexibility index (Phi) is 8.04. The maximum Gasteiger partial charge on any atom is 0.224 e. The first kappa shape index (κ1) is 23.6. The van der Waals surface area contributed by atoms with E-state index in [4.69, 9.17) is 26.1 Å². The Morgan fingerprint density at radius 3 is 2.53 bits per heavy atom. The minimum atomic E-state index is 0.000957. The lowest BCUT2D eigenvalue weighted by atomic mass is 10.1. The molecule has 4 rings (SSSR count). The Balaban J connectivity index is 1.33. The quantitative estimate of drug-likeness (QED) is 0.306. The highest BCUT2D eigenvalue weighted by Crippen LogP contribution is 2.26. The number of nitrogens with one attached hydrogen (secondary N) is 1. The van der Waals surface area contributed by atoms with E-state index in [1.165, 1.54) is 0 Å². The summed E-state index contributed by atoms with van der Waals surface area (Å²) in [6.07, 6.45) is 1.89. The molecule has 0 bridgehead atoms. The summed E-state index contributed by atoms with van der Waals surface area (Å²) in [7, 11) is 1.64. The maximum absolute atomic E-state index is 12.3. The van der Waals surface area contributed by atoms with Gasteiger partial charge in [0.15, 0.2) is 11.5 Å². The summed E-state index contributed by atoms with van der Waals surface area (Å²) >= 11 is 5.91. The second-order valence-corrected chi connectivity index (χ2v) is 8.36. The number of para-hydroxylation sites is 4. The summed E-state index contributed by atoms with van der Waals surface area (Å²) in [5.41, 5.74) is 2.98. The molecule has 0 spiro atoms. The van der Waals surface area contributed by atoms with Crippen molar-refractivity contribution in [3.63, 3.8) is 0 Å². The van der Waals surface area contributed by atoms with Gasteiger partial charge in [0.2, 0.25) is 5.91 Å². The summed E-state index contributed by atoms with van der Waals surface area (Å²) in [6.45, 7) is 1.75. The molecule has 0 aliphatic rings. The number of aromatic nitrogens is 2. The molecule has 0 fully saturated rings. The van der Waals surface area contributed by atoms with Gasteiger partial charge >= 0.3 is 0 Å². The van der Waals surface area contributed by atoms with Crippen LogP contribution in [0.15, 0.2) is 72.8 Å². The van der Waals surface area contributed by atoms with Crippen molar-refractivity contribution < 1.29 is 14.3 Å². The lowest BCUT2D eigenvalue weighted by Gasteiger charge is -2.13. The molecule has 0 aliphatic carbocycles. The van der Waals surface area contributed by atoms with Crippen molar-refractivity contribution in [2.45, 2.75) is 25.8 Å². The Morgan fingerprint density at radius 2 is 1.74 bits per heavy atom. The zero-order chi connectivity index (χ0) is 23.8. The molecule has 4 aromatic rings. The number of carbonyl (C=O) groups excluding carboxylic acids is 1. The maximum atomic E-state index is 12.3. The van der Waals surface area contributed by atoms with E-state index in [1.54, 1.807) is 19.2 Å². The molecule has 34 heavy (non-hydrogen) atoms. The van der Waals surface area contributed by atoms with Crippen molar-refractivity contribution >= 4 is 28.5 Å². The summed E-state index contributed by atoms with van der Waals surface area (Å²) in [4.78, 5) is 17.1. The fourth-order valence-electron chi connectivity index (χ4n) is 3.88. The number of imidazole rings is 1. The molecule has 1 N–H and O–H groups in total. The number of ether oxygens (including phenoxy) is 2. The molecule has 0 saturated carbocycles. The van der Waals surface area contributed by atoms with Crippen molar-refractivity contribution in [2.75, 3.05) is 20.3 Å². The number of hydrogen-bond donors (Lipinski definition) is 1. The van der Waals surface area contributed by atoms with E-state index in [9.17, 15) is 4.79 Å². The predicted molar refractivity (Wildman–Crippen MR) is 135 cm³/mol. The minimum absolute atomic E-state index is 0.000957. The van der Waals surface area contributed by atoms with Gasteiger partial charge in [-0.15, -0.1) is 0 Å². The fourth-order valence-corrected chi connectivity index (χ4v) is 4.00. The Morgan fingerprint density at radius 1 is 1.00 bits per heavy atom. The monoisotopic (exact) mass is 477 g/mol. The van der Waals surface area contributed by atoms with Gasteiger partial charge in [-0.3, -0.25) is 4.79 Å². The number of nitrogens with zero attached hydrogens (tertiary/aromatic N) is 2. The van der Waals surface area contributed by atoms with Gasteiger partial charge in [-0.25, -0.2) is 4.98 Å². The highest BCUT2D eigenvalue weighted by molar-refractivity contribution is 6.30. The van der Waals surface area contributed by atoms with E-state index in [-0.39, 0.29) is 5.91 Å². The molecule has 0 radical (unpaired) electrons. The average Bonchev–Trinajstić information content (AvgIpc) is 3.21. The van der Waals surface area contributed by atoms with Crippen LogP contribution in [0.2, 0.25) is 5.02 Å². The molecular weight excluding hydrogens is 450 g/mol. The first-order valence-electron chi connectivity index (χ1n) is 11.3. The van der Waals surface area contributed by atoms with Crippen LogP contribution in [-0.4, -0.2) is 35.7 Å². The Hall–Kier alpha value is -3.51. The fraction of sp³-hybridized carbons (Fsp3) is 0.259. The third kappa shape index (κ3) is 6.08. The summed E-state index contributed by atoms with van der Waals surface area (Å²) < 4.78 is 13.6. The van der Waals surface area contributed by atoms with Crippen molar-refractivity contribution in [1.82, 2.24) is 14.9 Å². The van der Waals surface area contributed by atoms with Crippen LogP contribution >= 0.6 is 11.6 Å². The van der Waals surface area contributed by atoms with E-state index in [2.05, 4.69) is 16.0 Å². The first-order chi connectivity index (χ1) is 16.6. The van der Waals surface area contributed by atoms with Crippen LogP contribution in [0.5, 0.6) is 11.5 Å². The molecule has 3 aromatic carbocycles. The van der Waals surface area contributed by atoms with Crippen molar-refractivity contribution in [3.8, 4) is 11.5 Å². The number of methoxy groups -OCH3 is 1. The average molecular weight is 478 g/mol. The Bertz CT molecular complexity index is 1240. The summed E-state index contributed by atoms with van der Waals surface area (Å²) in [5, 5.41) is 3.67. The van der Waals surface area contributed by atoms with Gasteiger partial charge in [-0.2, -0.15) is 0 Å². The van der Waals surface area contributed by atoms with E-state index in [0.717, 1.165) is 41.0 Å². The molecule has 1 aromatic heterocycles. The van der Waals surface area contributed by atoms with Gasteiger partial charge in [0.1, 0.15) is 12.4 Å². The highest BCUT2D eigenvalue weighted by Gasteiger charge is 2.11. The van der Waals surface area contributed by atoms with Crippen LogP contribution in [0.4, 0.5) is 0 Å². The highest BCUT2D eigenvalue weighted by atomic mass is 35.5. The van der Waals surface area contributed by atoms with Gasteiger partial charge in [0.25, 0.3) is 0 Å². The zero-order valence-corrected chi connectivity index (χ0v) is 19.9. The second-order valence-electron chi connectivity index (χ2n) is 7.92. The van der Waals surface area contributed by atoms with E-state index >= 15 is 0 Å². The van der Waals surface area contributed by atoms with Crippen LogP contribution in [0, 0.1) is 0 Å². The predicted octanol–water partition coefficient (Wildman–Crippen LogP) is 5.07. The molecule has 0 saturated heterocycles. The van der Waals surface area contributed by atoms with Gasteiger partial charge in [0.05, 0.1) is 31.1 Å². The van der Waals surface area contributed by atoms with E-state index in [0.29, 0.717) is 36.9 Å². The van der Waals surface area contributed by atoms with Crippen LogP contribution < -0.4 is 14.8 Å². The van der Waals surface area contributed by atoms with Crippen LogP contribution in [-0.2, 0) is 24.2 Å². The molecule has 0 aliphatic heterocycles. The number of benzene rings is 3. The number of rotatable bonds is 11. The van der Waals surface area contributed by atoms with Crippen LogP contribution in [0.3, 0.4) is 0 Å². The molecule has 176 valence electrons. The zero-order valence-electron chi connectivity index (χ0n) is 19.2. The molecule has 1 amide bonds. The number of fused-ring (bicyclic) bond motifs is 1. The van der Waals surface area contributed by atoms with E-state index in [1.807, 2.05) is 54.6 Å². The lowest BCUT2D eigenvalue weighted by molar-refractivity contribution is -0.120. The molecule has 6 nitrogen and oxygen atoms in total. The Labute approximate surface area is 204 Å². The molecule has 7 heteroatoms. The molecule has 0 unspecified atom stereocenters. The summed E-state index contributed by atoms with van der Waals surface area (Å²) in [6, 6.07) is 23.1. The standard InChI is InChI=1S/C27H28ClN3O3/c1-33-24-9-4-5-10-25(24)34-18-17-31-23-8-3-2-7-22(23)30-26(31)11-6-16-29-27(32)19-20-12-14-21(28)15-13-20/h2-5,7-10,12-15H,6,11,16-19H2,1H3,(H,29,32). The summed E-state index contributed by atoms with van der Waals surface area (Å²) in [5.74, 6) is 2.42. The van der Waals surface area contributed by atoms with Gasteiger partial charge in [-0.05, 0) is 48.4 Å². The number of hydrogen-bond acceptors (Lipinski definition) is 4. The second kappa shape index (κ2) is 11.6. The number of carbonyl (C=O) groups is 1. The lowest BCUT2D eigenvalue weighted by Crippen LogP contribution is -2.26. The first-order valence-corrected chi connectivity index (χ1v) is 11.7. The van der Waals surface area contributed by atoms with Gasteiger partial charge < -0.3 is 19.4 Å².